The lowest BCUT2D eigenvalue weighted by atomic mass is 10.2. The van der Waals surface area contributed by atoms with Crippen LogP contribution in [0, 0.1) is 11.6 Å². The van der Waals surface area contributed by atoms with Crippen molar-refractivity contribution in [1.82, 2.24) is 19.8 Å². The molecule has 0 saturated carbocycles. The van der Waals surface area contributed by atoms with E-state index in [1.54, 1.807) is 0 Å². The fraction of sp³-hybridized carbons (Fsp3) is 0.714. The Balaban J connectivity index is 2.39. The molecular formula is C14H24N4S. The second kappa shape index (κ2) is 6.11. The van der Waals surface area contributed by atoms with Gasteiger partial charge in [0.1, 0.15) is 10.5 Å². The van der Waals surface area contributed by atoms with Gasteiger partial charge in [0.2, 0.25) is 0 Å². The molecule has 4 nitrogen and oxygen atoms in total. The maximum atomic E-state index is 5.40. The summed E-state index contributed by atoms with van der Waals surface area (Å²) in [7, 11) is 4.35. The van der Waals surface area contributed by atoms with Crippen LogP contribution in [0.15, 0.2) is 0 Å². The maximum absolute atomic E-state index is 5.40. The molecule has 106 valence electrons. The Bertz CT molecular complexity index is 497. The van der Waals surface area contributed by atoms with E-state index in [4.69, 9.17) is 12.2 Å². The first-order chi connectivity index (χ1) is 9.02. The van der Waals surface area contributed by atoms with Crippen LogP contribution < -0.4 is 0 Å². The average Bonchev–Trinajstić information content (AvgIpc) is 2.54. The largest absolute Gasteiger partial charge is 0.346 e. The molecule has 1 aromatic rings. The number of aryl methyl sites for hydroxylation is 1. The van der Waals surface area contributed by atoms with Crippen molar-refractivity contribution in [1.29, 1.82) is 0 Å². The number of aromatic nitrogens is 2. The zero-order chi connectivity index (χ0) is 14.0. The summed E-state index contributed by atoms with van der Waals surface area (Å²) in [6.45, 7) is 7.46. The minimum absolute atomic E-state index is 0.306. The van der Waals surface area contributed by atoms with Crippen molar-refractivity contribution in [3.05, 3.63) is 21.7 Å². The molecule has 1 aliphatic rings. The van der Waals surface area contributed by atoms with Crippen LogP contribution >= 0.6 is 12.2 Å². The third kappa shape index (κ3) is 3.22. The van der Waals surface area contributed by atoms with Gasteiger partial charge in [-0.15, -0.1) is 0 Å². The zero-order valence-corrected chi connectivity index (χ0v) is 13.2. The summed E-state index contributed by atoms with van der Waals surface area (Å²) in [4.78, 5) is 12.9. The van der Waals surface area contributed by atoms with Crippen molar-refractivity contribution in [3.63, 3.8) is 0 Å². The molecule has 0 amide bonds. The minimum atomic E-state index is 0.306. The molecule has 1 atom stereocenters. The second-order valence-electron chi connectivity index (χ2n) is 5.50. The van der Waals surface area contributed by atoms with E-state index in [1.807, 2.05) is 0 Å². The predicted octanol–water partition coefficient (Wildman–Crippen LogP) is 2.32. The number of likely N-dealkylation sites (N-methyl/N-ethyl adjacent to an activating group) is 2. The van der Waals surface area contributed by atoms with Gasteiger partial charge >= 0.3 is 0 Å². The Morgan fingerprint density at radius 2 is 2.11 bits per heavy atom. The van der Waals surface area contributed by atoms with E-state index in [0.29, 0.717) is 6.04 Å². The van der Waals surface area contributed by atoms with Gasteiger partial charge in [0.15, 0.2) is 0 Å². The molecule has 1 fully saturated rings. The molecule has 1 unspecified atom stereocenters. The molecule has 1 aromatic heterocycles. The lowest BCUT2D eigenvalue weighted by Gasteiger charge is -2.27. The number of hydrogen-bond acceptors (Lipinski definition) is 4. The first-order valence-electron chi connectivity index (χ1n) is 7.01. The monoisotopic (exact) mass is 280 g/mol. The van der Waals surface area contributed by atoms with Crippen LogP contribution in [0.2, 0.25) is 0 Å². The number of nitrogens with one attached hydrogen (secondary N) is 1. The maximum Gasteiger partial charge on any atom is 0.132 e. The minimum Gasteiger partial charge on any atom is -0.346 e. The molecular weight excluding hydrogens is 256 g/mol. The van der Waals surface area contributed by atoms with Crippen molar-refractivity contribution in [2.75, 3.05) is 33.7 Å². The number of nitrogens with zero attached hydrogens (tertiary/aromatic N) is 3. The van der Waals surface area contributed by atoms with Gasteiger partial charge in [-0.3, -0.25) is 4.90 Å². The molecule has 2 heterocycles. The molecule has 0 radical (unpaired) electrons. The fourth-order valence-electron chi connectivity index (χ4n) is 2.68. The Morgan fingerprint density at radius 3 is 2.79 bits per heavy atom. The van der Waals surface area contributed by atoms with Crippen LogP contribution in [0.1, 0.15) is 36.5 Å². The summed E-state index contributed by atoms with van der Waals surface area (Å²) in [5.74, 6) is 1.02. The number of hydrogen-bond donors (Lipinski definition) is 1. The lowest BCUT2D eigenvalue weighted by molar-refractivity contribution is 0.219. The highest BCUT2D eigenvalue weighted by atomic mass is 32.1. The van der Waals surface area contributed by atoms with Crippen LogP contribution in [0.25, 0.3) is 0 Å². The normalized spacial score (nSPS) is 22.4. The van der Waals surface area contributed by atoms with E-state index in [9.17, 15) is 0 Å². The van der Waals surface area contributed by atoms with Gasteiger partial charge in [0.25, 0.3) is 0 Å². The standard InChI is InChI=1S/C14H24N4S/c1-5-11-10(2)14(19)16-13(15-11)12-9-17(3)7-6-8-18(12)4/h12H,5-9H2,1-4H3,(H,15,16,19). The van der Waals surface area contributed by atoms with Crippen LogP contribution in [0.3, 0.4) is 0 Å². The highest BCUT2D eigenvalue weighted by Gasteiger charge is 2.24. The molecule has 1 N–H and O–H groups in total. The van der Waals surface area contributed by atoms with E-state index in [0.717, 1.165) is 42.1 Å². The predicted molar refractivity (Wildman–Crippen MR) is 81.0 cm³/mol. The number of rotatable bonds is 2. The van der Waals surface area contributed by atoms with E-state index >= 15 is 0 Å². The molecule has 1 saturated heterocycles. The van der Waals surface area contributed by atoms with Crippen molar-refractivity contribution in [2.45, 2.75) is 32.7 Å². The number of aromatic amines is 1. The van der Waals surface area contributed by atoms with Gasteiger partial charge < -0.3 is 9.88 Å². The van der Waals surface area contributed by atoms with Crippen molar-refractivity contribution >= 4 is 12.2 Å². The molecule has 5 heteroatoms. The summed E-state index contributed by atoms with van der Waals surface area (Å²) in [5, 5.41) is 0. The SMILES string of the molecule is CCc1[nH]c(C2CN(C)CCCN2C)nc(=S)c1C. The summed E-state index contributed by atoms with van der Waals surface area (Å²) < 4.78 is 0.742. The smallest absolute Gasteiger partial charge is 0.132 e. The van der Waals surface area contributed by atoms with Crippen LogP contribution in [0.5, 0.6) is 0 Å². The Morgan fingerprint density at radius 1 is 1.37 bits per heavy atom. The highest BCUT2D eigenvalue weighted by Crippen LogP contribution is 2.21. The number of H-pyrrole nitrogens is 1. The quantitative estimate of drug-likeness (QED) is 0.843. The van der Waals surface area contributed by atoms with Crippen molar-refractivity contribution in [2.24, 2.45) is 0 Å². The third-order valence-corrected chi connectivity index (χ3v) is 4.41. The van der Waals surface area contributed by atoms with Crippen molar-refractivity contribution in [3.8, 4) is 0 Å². The summed E-state index contributed by atoms with van der Waals surface area (Å²) in [5.41, 5.74) is 2.33. The summed E-state index contributed by atoms with van der Waals surface area (Å²) in [6, 6.07) is 0.306. The summed E-state index contributed by atoms with van der Waals surface area (Å²) in [6.07, 6.45) is 2.17. The third-order valence-electron chi connectivity index (χ3n) is 4.01. The van der Waals surface area contributed by atoms with Crippen LogP contribution in [0.4, 0.5) is 0 Å². The molecule has 0 aliphatic carbocycles. The second-order valence-corrected chi connectivity index (χ2v) is 5.88. The molecule has 0 aromatic carbocycles. The summed E-state index contributed by atoms with van der Waals surface area (Å²) >= 11 is 5.40. The van der Waals surface area contributed by atoms with Gasteiger partial charge in [-0.25, -0.2) is 4.98 Å². The molecule has 2 rings (SSSR count). The van der Waals surface area contributed by atoms with Gasteiger partial charge in [-0.05, 0) is 47.0 Å². The van der Waals surface area contributed by atoms with Crippen LogP contribution in [-0.4, -0.2) is 53.5 Å². The fourth-order valence-corrected chi connectivity index (χ4v) is 2.90. The molecule has 19 heavy (non-hydrogen) atoms. The topological polar surface area (TPSA) is 35.2 Å². The van der Waals surface area contributed by atoms with E-state index in [-0.39, 0.29) is 0 Å². The Hall–Kier alpha value is -0.780. The lowest BCUT2D eigenvalue weighted by Crippen LogP contribution is -2.32. The van der Waals surface area contributed by atoms with Gasteiger partial charge in [-0.1, -0.05) is 19.1 Å². The first-order valence-corrected chi connectivity index (χ1v) is 7.42. The molecule has 1 aliphatic heterocycles. The molecule has 0 bridgehead atoms. The zero-order valence-electron chi connectivity index (χ0n) is 12.4. The van der Waals surface area contributed by atoms with Crippen LogP contribution in [-0.2, 0) is 6.42 Å². The van der Waals surface area contributed by atoms with E-state index < -0.39 is 0 Å². The van der Waals surface area contributed by atoms with Gasteiger partial charge in [0, 0.05) is 17.8 Å². The van der Waals surface area contributed by atoms with Gasteiger partial charge in [-0.2, -0.15) is 0 Å². The van der Waals surface area contributed by atoms with E-state index in [1.165, 1.54) is 12.1 Å². The first kappa shape index (κ1) is 14.6. The Kier molecular flexibility index (Phi) is 4.71. The average molecular weight is 280 g/mol. The van der Waals surface area contributed by atoms with E-state index in [2.05, 4.69) is 47.7 Å². The highest BCUT2D eigenvalue weighted by molar-refractivity contribution is 7.71. The Labute approximate surface area is 120 Å². The molecule has 0 spiro atoms. The van der Waals surface area contributed by atoms with Crippen molar-refractivity contribution < 1.29 is 0 Å². The van der Waals surface area contributed by atoms with Gasteiger partial charge in [0.05, 0.1) is 6.04 Å².